The molecule has 0 aromatic heterocycles. The van der Waals surface area contributed by atoms with Crippen molar-refractivity contribution in [1.82, 2.24) is 5.32 Å². The van der Waals surface area contributed by atoms with Crippen molar-refractivity contribution in [3.05, 3.63) is 0 Å². The van der Waals surface area contributed by atoms with Gasteiger partial charge in [-0.05, 0) is 19.4 Å². The van der Waals surface area contributed by atoms with Crippen LogP contribution in [0.3, 0.4) is 0 Å². The monoisotopic (exact) mass is 177 g/mol. The van der Waals surface area contributed by atoms with Gasteiger partial charge in [-0.25, -0.2) is 0 Å². The van der Waals surface area contributed by atoms with Crippen LogP contribution in [-0.4, -0.2) is 29.5 Å². The average molecular weight is 178 g/mol. The SMILES string of the molecule is O=C(O)[C@@H]1CCCN[C@@H]1CCl. The first-order valence-corrected chi connectivity index (χ1v) is 4.31. The minimum atomic E-state index is -0.733. The van der Waals surface area contributed by atoms with Crippen molar-refractivity contribution in [3.63, 3.8) is 0 Å². The maximum absolute atomic E-state index is 10.6. The van der Waals surface area contributed by atoms with Crippen LogP contribution < -0.4 is 5.32 Å². The number of hydrogen-bond donors (Lipinski definition) is 2. The maximum Gasteiger partial charge on any atom is 0.308 e. The average Bonchev–Trinajstić information content (AvgIpc) is 2.04. The molecule has 1 saturated heterocycles. The number of carboxylic acids is 1. The van der Waals surface area contributed by atoms with Gasteiger partial charge in [0, 0.05) is 11.9 Å². The van der Waals surface area contributed by atoms with Crippen LogP contribution in [0.5, 0.6) is 0 Å². The summed E-state index contributed by atoms with van der Waals surface area (Å²) in [6, 6.07) is -0.0390. The lowest BCUT2D eigenvalue weighted by Gasteiger charge is -2.27. The number of halogens is 1. The molecule has 1 heterocycles. The topological polar surface area (TPSA) is 49.3 Å². The Hall–Kier alpha value is -0.280. The van der Waals surface area contributed by atoms with E-state index in [9.17, 15) is 4.79 Å². The van der Waals surface area contributed by atoms with Gasteiger partial charge >= 0.3 is 5.97 Å². The molecule has 0 aliphatic carbocycles. The third kappa shape index (κ3) is 2.07. The molecule has 0 spiro atoms. The molecule has 2 atom stereocenters. The van der Waals surface area contributed by atoms with Crippen molar-refractivity contribution >= 4 is 17.6 Å². The zero-order valence-corrected chi connectivity index (χ0v) is 6.97. The van der Waals surface area contributed by atoms with Crippen LogP contribution >= 0.6 is 11.6 Å². The van der Waals surface area contributed by atoms with Gasteiger partial charge in [0.1, 0.15) is 0 Å². The molecule has 1 fully saturated rings. The Kier molecular flexibility index (Phi) is 3.15. The zero-order chi connectivity index (χ0) is 8.27. The van der Waals surface area contributed by atoms with E-state index in [1.807, 2.05) is 0 Å². The van der Waals surface area contributed by atoms with Gasteiger partial charge in [-0.2, -0.15) is 0 Å². The van der Waals surface area contributed by atoms with Crippen LogP contribution in [0.15, 0.2) is 0 Å². The molecule has 3 nitrogen and oxygen atoms in total. The fourth-order valence-corrected chi connectivity index (χ4v) is 1.73. The Balaban J connectivity index is 2.51. The standard InChI is InChI=1S/C7H12ClNO2/c8-4-6-5(7(10)11)2-1-3-9-6/h5-6,9H,1-4H2,(H,10,11)/t5-,6-/m1/s1. The molecule has 11 heavy (non-hydrogen) atoms. The Labute approximate surface area is 70.7 Å². The van der Waals surface area contributed by atoms with Gasteiger partial charge in [-0.1, -0.05) is 0 Å². The summed E-state index contributed by atoms with van der Waals surface area (Å²) >= 11 is 5.59. The first-order valence-electron chi connectivity index (χ1n) is 3.78. The third-order valence-electron chi connectivity index (χ3n) is 2.07. The molecular formula is C7H12ClNO2. The summed E-state index contributed by atoms with van der Waals surface area (Å²) in [5.41, 5.74) is 0. The number of carbonyl (C=O) groups is 1. The lowest BCUT2D eigenvalue weighted by Crippen LogP contribution is -2.45. The molecule has 0 amide bonds. The highest BCUT2D eigenvalue weighted by molar-refractivity contribution is 6.18. The van der Waals surface area contributed by atoms with Crippen LogP contribution in [0.1, 0.15) is 12.8 Å². The molecule has 1 aliphatic heterocycles. The minimum Gasteiger partial charge on any atom is -0.481 e. The molecule has 64 valence electrons. The van der Waals surface area contributed by atoms with E-state index >= 15 is 0 Å². The van der Waals surface area contributed by atoms with E-state index in [1.165, 1.54) is 0 Å². The quantitative estimate of drug-likeness (QED) is 0.610. The maximum atomic E-state index is 10.6. The largest absolute Gasteiger partial charge is 0.481 e. The molecule has 2 N–H and O–H groups in total. The van der Waals surface area contributed by atoms with Crippen LogP contribution in [0.2, 0.25) is 0 Å². The van der Waals surface area contributed by atoms with E-state index in [1.54, 1.807) is 0 Å². The van der Waals surface area contributed by atoms with Crippen molar-refractivity contribution in [2.45, 2.75) is 18.9 Å². The summed E-state index contributed by atoms with van der Waals surface area (Å²) in [7, 11) is 0. The number of carboxylic acid groups (broad SMARTS) is 1. The molecular weight excluding hydrogens is 166 g/mol. The fourth-order valence-electron chi connectivity index (χ4n) is 1.41. The summed E-state index contributed by atoms with van der Waals surface area (Å²) in [4.78, 5) is 10.6. The van der Waals surface area contributed by atoms with Crippen LogP contribution in [0.25, 0.3) is 0 Å². The molecule has 1 rings (SSSR count). The predicted octanol–water partition coefficient (Wildman–Crippen LogP) is 0.678. The molecule has 0 saturated carbocycles. The van der Waals surface area contributed by atoms with Gasteiger partial charge in [0.2, 0.25) is 0 Å². The fraction of sp³-hybridized carbons (Fsp3) is 0.857. The number of aliphatic carboxylic acids is 1. The molecule has 0 aromatic carbocycles. The first-order chi connectivity index (χ1) is 5.25. The van der Waals surface area contributed by atoms with E-state index in [0.29, 0.717) is 5.88 Å². The van der Waals surface area contributed by atoms with Gasteiger partial charge in [-0.3, -0.25) is 4.79 Å². The summed E-state index contributed by atoms with van der Waals surface area (Å²) in [6.07, 6.45) is 1.68. The number of nitrogens with one attached hydrogen (secondary N) is 1. The predicted molar refractivity (Wildman–Crippen MR) is 42.9 cm³/mol. The highest BCUT2D eigenvalue weighted by Gasteiger charge is 2.29. The number of alkyl halides is 1. The van der Waals surface area contributed by atoms with Gasteiger partial charge < -0.3 is 10.4 Å². The molecule has 0 unspecified atom stereocenters. The van der Waals surface area contributed by atoms with Gasteiger partial charge in [0.15, 0.2) is 0 Å². The molecule has 1 aliphatic rings. The summed E-state index contributed by atoms with van der Waals surface area (Å²) < 4.78 is 0. The van der Waals surface area contributed by atoms with Gasteiger partial charge in [0.05, 0.1) is 5.92 Å². The van der Waals surface area contributed by atoms with Gasteiger partial charge in [0.25, 0.3) is 0 Å². The summed E-state index contributed by atoms with van der Waals surface area (Å²) in [5.74, 6) is -0.638. The third-order valence-corrected chi connectivity index (χ3v) is 2.40. The molecule has 0 radical (unpaired) electrons. The smallest absolute Gasteiger partial charge is 0.308 e. The minimum absolute atomic E-state index is 0.0390. The highest BCUT2D eigenvalue weighted by Crippen LogP contribution is 2.17. The van der Waals surface area contributed by atoms with E-state index < -0.39 is 5.97 Å². The lowest BCUT2D eigenvalue weighted by molar-refractivity contribution is -0.143. The second kappa shape index (κ2) is 3.93. The highest BCUT2D eigenvalue weighted by atomic mass is 35.5. The Morgan fingerprint density at radius 2 is 2.45 bits per heavy atom. The Morgan fingerprint density at radius 1 is 1.73 bits per heavy atom. The van der Waals surface area contributed by atoms with E-state index in [0.717, 1.165) is 19.4 Å². The normalized spacial score (nSPS) is 31.7. The molecule has 0 bridgehead atoms. The van der Waals surface area contributed by atoms with Crippen molar-refractivity contribution in [3.8, 4) is 0 Å². The summed E-state index contributed by atoms with van der Waals surface area (Å²) in [6.45, 7) is 0.890. The van der Waals surface area contributed by atoms with Crippen LogP contribution in [0, 0.1) is 5.92 Å². The lowest BCUT2D eigenvalue weighted by atomic mass is 9.92. The van der Waals surface area contributed by atoms with Crippen molar-refractivity contribution in [1.29, 1.82) is 0 Å². The Bertz CT molecular complexity index is 151. The number of hydrogen-bond acceptors (Lipinski definition) is 2. The van der Waals surface area contributed by atoms with E-state index in [4.69, 9.17) is 16.7 Å². The van der Waals surface area contributed by atoms with Crippen molar-refractivity contribution in [2.75, 3.05) is 12.4 Å². The van der Waals surface area contributed by atoms with E-state index in [-0.39, 0.29) is 12.0 Å². The molecule has 0 aromatic rings. The second-order valence-corrected chi connectivity index (χ2v) is 3.11. The van der Waals surface area contributed by atoms with Crippen LogP contribution in [-0.2, 0) is 4.79 Å². The summed E-state index contributed by atoms with van der Waals surface area (Å²) in [5, 5.41) is 11.8. The van der Waals surface area contributed by atoms with Crippen LogP contribution in [0.4, 0.5) is 0 Å². The van der Waals surface area contributed by atoms with E-state index in [2.05, 4.69) is 5.32 Å². The zero-order valence-electron chi connectivity index (χ0n) is 6.22. The second-order valence-electron chi connectivity index (χ2n) is 2.80. The number of rotatable bonds is 2. The molecule has 4 heteroatoms. The van der Waals surface area contributed by atoms with Crippen molar-refractivity contribution < 1.29 is 9.90 Å². The first kappa shape index (κ1) is 8.81. The Morgan fingerprint density at radius 3 is 2.91 bits per heavy atom. The number of piperidine rings is 1. The van der Waals surface area contributed by atoms with Crippen molar-refractivity contribution in [2.24, 2.45) is 5.92 Å². The van der Waals surface area contributed by atoms with Gasteiger partial charge in [-0.15, -0.1) is 11.6 Å².